The van der Waals surface area contributed by atoms with E-state index in [0.717, 1.165) is 29.7 Å². The molecule has 1 N–H and O–H groups in total. The highest BCUT2D eigenvalue weighted by atomic mass is 32.2. The Hall–Kier alpha value is -2.51. The molecule has 4 rings (SSSR count). The minimum atomic E-state index is -0.794. The largest absolute Gasteiger partial charge is 0.481 e. The van der Waals surface area contributed by atoms with Crippen molar-refractivity contribution in [3.05, 3.63) is 58.6 Å². The number of hydrogen-bond acceptors (Lipinski definition) is 5. The molecule has 7 heteroatoms. The van der Waals surface area contributed by atoms with E-state index in [0.29, 0.717) is 27.8 Å². The number of thiocarbonyl (C=S) groups is 1. The summed E-state index contributed by atoms with van der Waals surface area (Å²) in [6.07, 6.45) is 4.46. The molecule has 1 aromatic heterocycles. The molecule has 2 atom stereocenters. The number of carboxylic acid groups (broad SMARTS) is 1. The van der Waals surface area contributed by atoms with Gasteiger partial charge in [-0.25, -0.2) is 4.98 Å². The molecular formula is C23H22N2O3S2. The van der Waals surface area contributed by atoms with Gasteiger partial charge >= 0.3 is 5.97 Å². The predicted molar refractivity (Wildman–Crippen MR) is 123 cm³/mol. The Bertz CT molecular complexity index is 1050. The van der Waals surface area contributed by atoms with Gasteiger partial charge < -0.3 is 5.11 Å². The summed E-state index contributed by atoms with van der Waals surface area (Å²) in [5.41, 5.74) is 3.75. The zero-order chi connectivity index (χ0) is 21.3. The van der Waals surface area contributed by atoms with E-state index in [2.05, 4.69) is 0 Å². The SMILES string of the molecule is Cc1ccccc1-c1cccc(/C=C2/SC(=S)N(C3CCCC(C(=O)O)C3)C2=O)n1. The van der Waals surface area contributed by atoms with Crippen molar-refractivity contribution in [2.75, 3.05) is 0 Å². The van der Waals surface area contributed by atoms with E-state index in [1.165, 1.54) is 11.8 Å². The third-order valence-corrected chi connectivity index (χ3v) is 6.99. The van der Waals surface area contributed by atoms with E-state index < -0.39 is 11.9 Å². The van der Waals surface area contributed by atoms with Crippen LogP contribution < -0.4 is 0 Å². The topological polar surface area (TPSA) is 70.5 Å². The van der Waals surface area contributed by atoms with Crippen molar-refractivity contribution >= 4 is 46.3 Å². The zero-order valence-corrected chi connectivity index (χ0v) is 18.2. The lowest BCUT2D eigenvalue weighted by Gasteiger charge is -2.32. The number of carbonyl (C=O) groups is 2. The maximum atomic E-state index is 13.1. The maximum absolute atomic E-state index is 13.1. The molecule has 2 heterocycles. The number of benzene rings is 1. The summed E-state index contributed by atoms with van der Waals surface area (Å²) in [5, 5.41) is 9.36. The number of rotatable bonds is 4. The fraction of sp³-hybridized carbons (Fsp3) is 0.304. The van der Waals surface area contributed by atoms with Crippen LogP contribution in [-0.4, -0.2) is 37.2 Å². The number of aryl methyl sites for hydroxylation is 1. The Morgan fingerprint density at radius 1 is 1.23 bits per heavy atom. The summed E-state index contributed by atoms with van der Waals surface area (Å²) in [7, 11) is 0. The van der Waals surface area contributed by atoms with Gasteiger partial charge in [0.2, 0.25) is 0 Å². The molecule has 2 fully saturated rings. The van der Waals surface area contributed by atoms with Gasteiger partial charge in [-0.2, -0.15) is 0 Å². The van der Waals surface area contributed by atoms with Gasteiger partial charge in [-0.1, -0.05) is 60.7 Å². The fourth-order valence-corrected chi connectivity index (χ4v) is 5.48. The van der Waals surface area contributed by atoms with E-state index in [-0.39, 0.29) is 11.9 Å². The number of pyridine rings is 1. The number of aliphatic carboxylic acids is 1. The molecule has 5 nitrogen and oxygen atoms in total. The summed E-state index contributed by atoms with van der Waals surface area (Å²) in [6.45, 7) is 2.05. The summed E-state index contributed by atoms with van der Waals surface area (Å²) < 4.78 is 0.498. The summed E-state index contributed by atoms with van der Waals surface area (Å²) in [6, 6.07) is 13.7. The fourth-order valence-electron chi connectivity index (χ4n) is 4.09. The molecule has 1 aliphatic heterocycles. The van der Waals surface area contributed by atoms with Gasteiger partial charge in [-0.05, 0) is 50.0 Å². The van der Waals surface area contributed by atoms with Gasteiger partial charge in [-0.3, -0.25) is 14.5 Å². The number of nitrogens with zero attached hydrogens (tertiary/aromatic N) is 2. The van der Waals surface area contributed by atoms with Crippen LogP contribution in [0.4, 0.5) is 0 Å². The van der Waals surface area contributed by atoms with Crippen molar-refractivity contribution in [3.63, 3.8) is 0 Å². The first-order valence-corrected chi connectivity index (χ1v) is 11.2. The molecule has 154 valence electrons. The van der Waals surface area contributed by atoms with Crippen LogP contribution in [0.5, 0.6) is 0 Å². The van der Waals surface area contributed by atoms with E-state index in [4.69, 9.17) is 17.2 Å². The highest BCUT2D eigenvalue weighted by molar-refractivity contribution is 8.26. The molecule has 1 aliphatic carbocycles. The monoisotopic (exact) mass is 438 g/mol. The second kappa shape index (κ2) is 8.70. The molecule has 0 spiro atoms. The quantitative estimate of drug-likeness (QED) is 0.541. The normalized spacial score (nSPS) is 23.2. The van der Waals surface area contributed by atoms with Crippen LogP contribution in [0.25, 0.3) is 17.3 Å². The summed E-state index contributed by atoms with van der Waals surface area (Å²) in [4.78, 5) is 31.3. The lowest BCUT2D eigenvalue weighted by atomic mass is 9.85. The number of carbonyl (C=O) groups excluding carboxylic acids is 1. The third-order valence-electron chi connectivity index (χ3n) is 5.66. The van der Waals surface area contributed by atoms with Gasteiger partial charge in [0, 0.05) is 11.6 Å². The van der Waals surface area contributed by atoms with Crippen LogP contribution in [0, 0.1) is 12.8 Å². The zero-order valence-electron chi connectivity index (χ0n) is 16.6. The molecule has 1 saturated heterocycles. The molecular weight excluding hydrogens is 416 g/mol. The number of aromatic nitrogens is 1. The van der Waals surface area contributed by atoms with Crippen LogP contribution in [0.2, 0.25) is 0 Å². The highest BCUT2D eigenvalue weighted by Crippen LogP contribution is 2.38. The second-order valence-electron chi connectivity index (χ2n) is 7.67. The molecule has 30 heavy (non-hydrogen) atoms. The standard InChI is InChI=1S/C23H22N2O3S2/c1-14-6-2-3-10-18(14)19-11-5-8-16(24-19)13-20-21(26)25(23(29)30-20)17-9-4-7-15(12-17)22(27)28/h2-3,5-6,8,10-11,13,15,17H,4,7,9,12H2,1H3,(H,27,28)/b20-13+. The molecule has 2 aromatic rings. The van der Waals surface area contributed by atoms with Crippen molar-refractivity contribution in [2.45, 2.75) is 38.6 Å². The van der Waals surface area contributed by atoms with Crippen LogP contribution >= 0.6 is 24.0 Å². The summed E-state index contributed by atoms with van der Waals surface area (Å²) in [5.74, 6) is -1.35. The summed E-state index contributed by atoms with van der Waals surface area (Å²) >= 11 is 6.74. The smallest absolute Gasteiger partial charge is 0.306 e. The Kier molecular flexibility index (Phi) is 6.01. The Morgan fingerprint density at radius 3 is 2.80 bits per heavy atom. The Balaban J connectivity index is 1.58. The molecule has 2 unspecified atom stereocenters. The molecule has 1 saturated carbocycles. The van der Waals surface area contributed by atoms with Crippen LogP contribution in [0.1, 0.15) is 36.9 Å². The van der Waals surface area contributed by atoms with E-state index in [1.807, 2.05) is 49.4 Å². The minimum absolute atomic E-state index is 0.149. The first-order chi connectivity index (χ1) is 14.4. The van der Waals surface area contributed by atoms with Crippen molar-refractivity contribution in [1.29, 1.82) is 0 Å². The van der Waals surface area contributed by atoms with Crippen LogP contribution in [0.15, 0.2) is 47.4 Å². The Labute approximate surface area is 185 Å². The van der Waals surface area contributed by atoms with E-state index in [1.54, 1.807) is 11.0 Å². The molecule has 0 bridgehead atoms. The van der Waals surface area contributed by atoms with Gasteiger partial charge in [0.25, 0.3) is 5.91 Å². The predicted octanol–water partition coefficient (Wildman–Crippen LogP) is 4.90. The van der Waals surface area contributed by atoms with Crippen LogP contribution in [-0.2, 0) is 9.59 Å². The molecule has 2 aliphatic rings. The maximum Gasteiger partial charge on any atom is 0.306 e. The average molecular weight is 439 g/mol. The lowest BCUT2D eigenvalue weighted by molar-refractivity contribution is -0.144. The number of thioether (sulfide) groups is 1. The minimum Gasteiger partial charge on any atom is -0.481 e. The molecule has 0 radical (unpaired) electrons. The highest BCUT2D eigenvalue weighted by Gasteiger charge is 2.40. The number of amides is 1. The second-order valence-corrected chi connectivity index (χ2v) is 9.35. The van der Waals surface area contributed by atoms with Crippen LogP contribution in [0.3, 0.4) is 0 Å². The van der Waals surface area contributed by atoms with Gasteiger partial charge in [0.15, 0.2) is 0 Å². The average Bonchev–Trinajstić information content (AvgIpc) is 3.01. The van der Waals surface area contributed by atoms with Crippen molar-refractivity contribution in [2.24, 2.45) is 5.92 Å². The number of hydrogen-bond donors (Lipinski definition) is 1. The molecule has 1 aromatic carbocycles. The van der Waals surface area contributed by atoms with Gasteiger partial charge in [-0.15, -0.1) is 0 Å². The lowest BCUT2D eigenvalue weighted by Crippen LogP contribution is -2.42. The van der Waals surface area contributed by atoms with E-state index in [9.17, 15) is 14.7 Å². The first-order valence-electron chi connectivity index (χ1n) is 9.97. The molecule has 1 amide bonds. The van der Waals surface area contributed by atoms with Crippen molar-refractivity contribution < 1.29 is 14.7 Å². The number of carboxylic acids is 1. The third kappa shape index (κ3) is 4.18. The van der Waals surface area contributed by atoms with Gasteiger partial charge in [0.05, 0.1) is 22.2 Å². The van der Waals surface area contributed by atoms with E-state index >= 15 is 0 Å². The van der Waals surface area contributed by atoms with Crippen molar-refractivity contribution in [3.8, 4) is 11.3 Å². The Morgan fingerprint density at radius 2 is 2.03 bits per heavy atom. The first kappa shape index (κ1) is 20.8. The van der Waals surface area contributed by atoms with Crippen molar-refractivity contribution in [1.82, 2.24) is 9.88 Å². The van der Waals surface area contributed by atoms with Gasteiger partial charge in [0.1, 0.15) is 4.32 Å².